The van der Waals surface area contributed by atoms with Gasteiger partial charge in [0.15, 0.2) is 5.03 Å². The number of aromatic nitrogens is 1. The van der Waals surface area contributed by atoms with Gasteiger partial charge in [0.05, 0.1) is 0 Å². The van der Waals surface area contributed by atoms with E-state index >= 15 is 0 Å². The van der Waals surface area contributed by atoms with E-state index in [1.54, 1.807) is 6.07 Å². The van der Waals surface area contributed by atoms with Crippen LogP contribution in [0.1, 0.15) is 11.1 Å². The predicted octanol–water partition coefficient (Wildman–Crippen LogP) is 1.08. The number of nitrogens with one attached hydrogen (secondary N) is 1. The zero-order valence-corrected chi connectivity index (χ0v) is 11.2. The van der Waals surface area contributed by atoms with E-state index in [-0.39, 0.29) is 11.6 Å². The minimum absolute atomic E-state index is 0.00919. The van der Waals surface area contributed by atoms with Crippen molar-refractivity contribution < 1.29 is 8.42 Å². The van der Waals surface area contributed by atoms with E-state index in [1.807, 2.05) is 16.8 Å². The summed E-state index contributed by atoms with van der Waals surface area (Å²) in [6, 6.07) is 4.99. The SMILES string of the molecule is NCc1ccc(S(=O)(=O)NCc2ccsc2)nc1. The summed E-state index contributed by atoms with van der Waals surface area (Å²) in [5.74, 6) is 0. The van der Waals surface area contributed by atoms with Gasteiger partial charge in [-0.3, -0.25) is 0 Å². The summed E-state index contributed by atoms with van der Waals surface area (Å²) in [6.07, 6.45) is 1.47. The first-order chi connectivity index (χ1) is 8.62. The highest BCUT2D eigenvalue weighted by Gasteiger charge is 2.14. The number of sulfonamides is 1. The van der Waals surface area contributed by atoms with Gasteiger partial charge in [0.25, 0.3) is 10.0 Å². The minimum Gasteiger partial charge on any atom is -0.326 e. The van der Waals surface area contributed by atoms with E-state index < -0.39 is 10.0 Å². The van der Waals surface area contributed by atoms with Gasteiger partial charge in [0.2, 0.25) is 0 Å². The predicted molar refractivity (Wildman–Crippen MR) is 70.5 cm³/mol. The Labute approximate surface area is 110 Å². The molecule has 0 fully saturated rings. The summed E-state index contributed by atoms with van der Waals surface area (Å²) in [5, 5.41) is 3.81. The van der Waals surface area contributed by atoms with E-state index in [0.29, 0.717) is 6.54 Å². The molecule has 0 saturated heterocycles. The minimum atomic E-state index is -3.56. The standard InChI is InChI=1S/C11H13N3O2S2/c12-5-9-1-2-11(13-6-9)18(15,16)14-7-10-3-4-17-8-10/h1-4,6,8,14H,5,7,12H2. The number of thiophene rings is 1. The second kappa shape index (κ2) is 5.57. The second-order valence-electron chi connectivity index (χ2n) is 3.66. The molecule has 2 heterocycles. The molecule has 7 heteroatoms. The van der Waals surface area contributed by atoms with Gasteiger partial charge in [-0.1, -0.05) is 6.07 Å². The van der Waals surface area contributed by atoms with E-state index in [1.165, 1.54) is 23.6 Å². The highest BCUT2D eigenvalue weighted by atomic mass is 32.2. The number of hydrogen-bond donors (Lipinski definition) is 2. The maximum Gasteiger partial charge on any atom is 0.258 e. The van der Waals surface area contributed by atoms with E-state index in [2.05, 4.69) is 9.71 Å². The van der Waals surface area contributed by atoms with Crippen molar-refractivity contribution in [1.29, 1.82) is 0 Å². The largest absolute Gasteiger partial charge is 0.326 e. The van der Waals surface area contributed by atoms with Crippen LogP contribution in [-0.2, 0) is 23.1 Å². The maximum atomic E-state index is 11.9. The van der Waals surface area contributed by atoms with Crippen LogP contribution in [0, 0.1) is 0 Å². The lowest BCUT2D eigenvalue weighted by Crippen LogP contribution is -2.24. The van der Waals surface area contributed by atoms with Crippen molar-refractivity contribution in [2.75, 3.05) is 0 Å². The van der Waals surface area contributed by atoms with Crippen LogP contribution >= 0.6 is 11.3 Å². The van der Waals surface area contributed by atoms with Crippen molar-refractivity contribution in [3.05, 3.63) is 46.3 Å². The molecule has 3 N–H and O–H groups in total. The van der Waals surface area contributed by atoms with Gasteiger partial charge in [-0.05, 0) is 34.0 Å². The molecule has 0 aliphatic rings. The second-order valence-corrected chi connectivity index (χ2v) is 6.16. The Hall–Kier alpha value is -1.28. The van der Waals surface area contributed by atoms with Crippen molar-refractivity contribution in [3.8, 4) is 0 Å². The molecule has 0 atom stereocenters. The normalized spacial score (nSPS) is 11.6. The van der Waals surface area contributed by atoms with Gasteiger partial charge < -0.3 is 5.73 Å². The number of nitrogens with two attached hydrogens (primary N) is 1. The van der Waals surface area contributed by atoms with Crippen LogP contribution in [0.3, 0.4) is 0 Å². The summed E-state index contributed by atoms with van der Waals surface area (Å²) in [4.78, 5) is 3.89. The summed E-state index contributed by atoms with van der Waals surface area (Å²) in [5.41, 5.74) is 7.16. The molecule has 18 heavy (non-hydrogen) atoms. The fraction of sp³-hybridized carbons (Fsp3) is 0.182. The third kappa shape index (κ3) is 3.14. The van der Waals surface area contributed by atoms with Crippen LogP contribution in [0.2, 0.25) is 0 Å². The number of pyridine rings is 1. The van der Waals surface area contributed by atoms with Gasteiger partial charge in [0.1, 0.15) is 0 Å². The average Bonchev–Trinajstić information content (AvgIpc) is 2.90. The van der Waals surface area contributed by atoms with E-state index in [9.17, 15) is 8.42 Å². The molecule has 2 aromatic rings. The average molecular weight is 283 g/mol. The van der Waals surface area contributed by atoms with Crippen LogP contribution in [0.4, 0.5) is 0 Å². The van der Waals surface area contributed by atoms with Crippen LogP contribution in [0.25, 0.3) is 0 Å². The molecular formula is C11H13N3O2S2. The first kappa shape index (κ1) is 13.2. The van der Waals surface area contributed by atoms with Crippen LogP contribution in [0.15, 0.2) is 40.2 Å². The van der Waals surface area contributed by atoms with Gasteiger partial charge >= 0.3 is 0 Å². The first-order valence-electron chi connectivity index (χ1n) is 5.27. The van der Waals surface area contributed by atoms with Crippen molar-refractivity contribution in [3.63, 3.8) is 0 Å². The number of rotatable bonds is 5. The van der Waals surface area contributed by atoms with Crippen LogP contribution in [0.5, 0.6) is 0 Å². The lowest BCUT2D eigenvalue weighted by atomic mass is 10.3. The van der Waals surface area contributed by atoms with Crippen molar-refractivity contribution >= 4 is 21.4 Å². The van der Waals surface area contributed by atoms with Crippen LogP contribution < -0.4 is 10.5 Å². The molecule has 0 spiro atoms. The molecule has 0 aromatic carbocycles. The third-order valence-corrected chi connectivity index (χ3v) is 4.40. The topological polar surface area (TPSA) is 85.1 Å². The smallest absolute Gasteiger partial charge is 0.258 e. The van der Waals surface area contributed by atoms with Gasteiger partial charge in [0, 0.05) is 19.3 Å². The zero-order valence-electron chi connectivity index (χ0n) is 9.54. The maximum absolute atomic E-state index is 11.9. The Bertz CT molecular complexity index is 592. The number of hydrogen-bond acceptors (Lipinski definition) is 5. The molecule has 0 bridgehead atoms. The molecule has 0 radical (unpaired) electrons. The van der Waals surface area contributed by atoms with E-state index in [4.69, 9.17) is 5.73 Å². The molecular weight excluding hydrogens is 270 g/mol. The Kier molecular flexibility index (Phi) is 4.07. The van der Waals surface area contributed by atoms with Crippen molar-refractivity contribution in [1.82, 2.24) is 9.71 Å². The molecule has 0 aliphatic carbocycles. The van der Waals surface area contributed by atoms with Gasteiger partial charge in [-0.2, -0.15) is 11.3 Å². The molecule has 2 rings (SSSR count). The molecule has 0 saturated carbocycles. The Morgan fingerprint density at radius 1 is 1.28 bits per heavy atom. The Balaban J connectivity index is 2.09. The van der Waals surface area contributed by atoms with E-state index in [0.717, 1.165) is 11.1 Å². The summed E-state index contributed by atoms with van der Waals surface area (Å²) < 4.78 is 26.4. The molecule has 0 amide bonds. The molecule has 0 aliphatic heterocycles. The highest BCUT2D eigenvalue weighted by molar-refractivity contribution is 7.89. The van der Waals surface area contributed by atoms with Gasteiger partial charge in [-0.25, -0.2) is 18.1 Å². The fourth-order valence-electron chi connectivity index (χ4n) is 1.34. The zero-order chi connectivity index (χ0) is 13.0. The lowest BCUT2D eigenvalue weighted by molar-refractivity contribution is 0.577. The summed E-state index contributed by atoms with van der Waals surface area (Å²) in [6.45, 7) is 0.613. The van der Waals surface area contributed by atoms with Crippen LogP contribution in [-0.4, -0.2) is 13.4 Å². The summed E-state index contributed by atoms with van der Waals surface area (Å²) >= 11 is 1.53. The Morgan fingerprint density at radius 2 is 2.11 bits per heavy atom. The number of nitrogens with zero attached hydrogens (tertiary/aromatic N) is 1. The quantitative estimate of drug-likeness (QED) is 0.860. The van der Waals surface area contributed by atoms with Crippen molar-refractivity contribution in [2.24, 2.45) is 5.73 Å². The van der Waals surface area contributed by atoms with Crippen molar-refractivity contribution in [2.45, 2.75) is 18.1 Å². The first-order valence-corrected chi connectivity index (χ1v) is 7.70. The molecule has 0 unspecified atom stereocenters. The molecule has 2 aromatic heterocycles. The molecule has 96 valence electrons. The van der Waals surface area contributed by atoms with Gasteiger partial charge in [-0.15, -0.1) is 0 Å². The lowest BCUT2D eigenvalue weighted by Gasteiger charge is -2.05. The summed E-state index contributed by atoms with van der Waals surface area (Å²) in [7, 11) is -3.56. The fourth-order valence-corrected chi connectivity index (χ4v) is 2.95. The highest BCUT2D eigenvalue weighted by Crippen LogP contribution is 2.09. The third-order valence-electron chi connectivity index (χ3n) is 2.36. The molecule has 5 nitrogen and oxygen atoms in total. The Morgan fingerprint density at radius 3 is 2.67 bits per heavy atom. The monoisotopic (exact) mass is 283 g/mol.